The van der Waals surface area contributed by atoms with Crippen LogP contribution in [-0.2, 0) is 0 Å². The minimum absolute atomic E-state index is 0.121. The van der Waals surface area contributed by atoms with Gasteiger partial charge in [0.2, 0.25) is 0 Å². The van der Waals surface area contributed by atoms with Gasteiger partial charge in [-0.2, -0.15) is 0 Å². The van der Waals surface area contributed by atoms with Gasteiger partial charge in [0.1, 0.15) is 11.5 Å². The summed E-state index contributed by atoms with van der Waals surface area (Å²) >= 11 is 0. The largest absolute Gasteiger partial charge is 0.541 e. The van der Waals surface area contributed by atoms with E-state index in [4.69, 9.17) is 13.9 Å². The predicted molar refractivity (Wildman–Crippen MR) is 127 cm³/mol. The maximum absolute atomic E-state index is 6.55. The quantitative estimate of drug-likeness (QED) is 0.369. The zero-order chi connectivity index (χ0) is 22.0. The summed E-state index contributed by atoms with van der Waals surface area (Å²) in [6.45, 7) is 17.6. The summed E-state index contributed by atoms with van der Waals surface area (Å²) in [5, 5.41) is 0.121. The van der Waals surface area contributed by atoms with Gasteiger partial charge < -0.3 is 13.9 Å². The Morgan fingerprint density at radius 2 is 1.52 bits per heavy atom. The number of hydrogen-bond acceptors (Lipinski definition) is 3. The van der Waals surface area contributed by atoms with E-state index < -0.39 is 8.32 Å². The molecule has 29 heavy (non-hydrogen) atoms. The number of hydrogen-bond donors (Lipinski definition) is 0. The van der Waals surface area contributed by atoms with Crippen molar-refractivity contribution in [1.29, 1.82) is 0 Å². The summed E-state index contributed by atoms with van der Waals surface area (Å²) in [7, 11) is 1.45. The molecular weight excluding hydrogens is 376 g/mol. The van der Waals surface area contributed by atoms with Gasteiger partial charge in [0.05, 0.1) is 14.2 Å². The van der Waals surface area contributed by atoms with Crippen molar-refractivity contribution in [3.63, 3.8) is 0 Å². The molecule has 158 valence electrons. The molecule has 0 atom stereocenters. The van der Waals surface area contributed by atoms with E-state index in [0.717, 1.165) is 28.4 Å². The van der Waals surface area contributed by atoms with Crippen LogP contribution in [0.3, 0.4) is 0 Å². The van der Waals surface area contributed by atoms with Crippen LogP contribution in [0.5, 0.6) is 17.2 Å². The molecule has 0 saturated carbocycles. The Balaban J connectivity index is 2.45. The third-order valence-corrected chi connectivity index (χ3v) is 10.4. The maximum Gasteiger partial charge on any atom is 0.250 e. The number of aryl methyl sites for hydroxylation is 1. The highest BCUT2D eigenvalue weighted by Gasteiger charge is 2.39. The van der Waals surface area contributed by atoms with Gasteiger partial charge in [-0.1, -0.05) is 39.0 Å². The Labute approximate surface area is 177 Å². The summed E-state index contributed by atoms with van der Waals surface area (Å²) in [5.74, 6) is 2.51. The lowest BCUT2D eigenvalue weighted by Crippen LogP contribution is -2.43. The van der Waals surface area contributed by atoms with E-state index in [0.29, 0.717) is 0 Å². The van der Waals surface area contributed by atoms with Gasteiger partial charge in [0.25, 0.3) is 8.32 Å². The van der Waals surface area contributed by atoms with Crippen molar-refractivity contribution >= 4 is 20.0 Å². The molecule has 0 N–H and O–H groups in total. The molecule has 2 rings (SSSR count). The van der Waals surface area contributed by atoms with Crippen LogP contribution in [0.25, 0.3) is 11.6 Å². The molecule has 0 heterocycles. The van der Waals surface area contributed by atoms with Crippen molar-refractivity contribution in [3.05, 3.63) is 52.6 Å². The molecule has 0 spiro atoms. The van der Waals surface area contributed by atoms with Gasteiger partial charge in [0.15, 0.2) is 5.75 Å². The van der Waals surface area contributed by atoms with Crippen LogP contribution in [0.1, 0.15) is 49.9 Å². The fraction of sp³-hybridized carbons (Fsp3) is 0.440. The average molecular weight is 413 g/mol. The van der Waals surface area contributed by atoms with Gasteiger partial charge in [-0.15, -0.1) is 0 Å². The highest BCUT2D eigenvalue weighted by atomic mass is 28.4. The van der Waals surface area contributed by atoms with Crippen molar-refractivity contribution < 1.29 is 13.9 Å². The molecule has 0 aliphatic carbocycles. The van der Waals surface area contributed by atoms with Crippen LogP contribution in [0.15, 0.2) is 30.3 Å². The Morgan fingerprint density at radius 3 is 2.07 bits per heavy atom. The van der Waals surface area contributed by atoms with Gasteiger partial charge >= 0.3 is 0 Å². The van der Waals surface area contributed by atoms with Crippen molar-refractivity contribution in [2.75, 3.05) is 14.2 Å². The monoisotopic (exact) mass is 412 g/mol. The first kappa shape index (κ1) is 23.1. The van der Waals surface area contributed by atoms with E-state index in [9.17, 15) is 0 Å². The zero-order valence-corrected chi connectivity index (χ0v) is 20.7. The molecule has 4 heteroatoms. The molecule has 0 unspecified atom stereocenters. The highest BCUT2D eigenvalue weighted by Crippen LogP contribution is 2.40. The fourth-order valence-corrected chi connectivity index (χ4v) is 3.91. The predicted octanol–water partition coefficient (Wildman–Crippen LogP) is 7.27. The van der Waals surface area contributed by atoms with E-state index in [-0.39, 0.29) is 5.04 Å². The van der Waals surface area contributed by atoms with Crippen LogP contribution in [0, 0.1) is 13.8 Å². The smallest absolute Gasteiger partial charge is 0.250 e. The lowest BCUT2D eigenvalue weighted by atomic mass is 9.99. The summed E-state index contributed by atoms with van der Waals surface area (Å²) in [6.07, 6.45) is 2.18. The van der Waals surface area contributed by atoms with E-state index in [2.05, 4.69) is 85.0 Å². The summed E-state index contributed by atoms with van der Waals surface area (Å²) in [4.78, 5) is 0. The topological polar surface area (TPSA) is 27.7 Å². The summed E-state index contributed by atoms with van der Waals surface area (Å²) < 4.78 is 17.7. The van der Waals surface area contributed by atoms with Crippen LogP contribution in [0.2, 0.25) is 18.1 Å². The first-order valence-electron chi connectivity index (χ1n) is 10.1. The van der Waals surface area contributed by atoms with Crippen molar-refractivity contribution in [1.82, 2.24) is 0 Å². The van der Waals surface area contributed by atoms with Gasteiger partial charge in [-0.05, 0) is 84.9 Å². The molecule has 0 amide bonds. The number of methoxy groups -OCH3 is 2. The van der Waals surface area contributed by atoms with Crippen molar-refractivity contribution in [2.24, 2.45) is 0 Å². The molecule has 0 saturated heterocycles. The van der Waals surface area contributed by atoms with Crippen molar-refractivity contribution in [2.45, 2.75) is 59.7 Å². The Morgan fingerprint density at radius 1 is 0.897 bits per heavy atom. The average Bonchev–Trinajstić information content (AvgIpc) is 2.62. The Kier molecular flexibility index (Phi) is 6.89. The van der Waals surface area contributed by atoms with E-state index in [1.165, 1.54) is 16.7 Å². The highest BCUT2D eigenvalue weighted by molar-refractivity contribution is 6.74. The lowest BCUT2D eigenvalue weighted by molar-refractivity contribution is 0.386. The third kappa shape index (κ3) is 5.24. The molecule has 2 aromatic rings. The molecule has 2 aromatic carbocycles. The summed E-state index contributed by atoms with van der Waals surface area (Å²) in [6, 6.07) is 10.5. The normalized spacial score (nSPS) is 12.7. The van der Waals surface area contributed by atoms with Crippen molar-refractivity contribution in [3.8, 4) is 17.2 Å². The second kappa shape index (κ2) is 8.66. The summed E-state index contributed by atoms with van der Waals surface area (Å²) in [5.41, 5.74) is 5.83. The van der Waals surface area contributed by atoms with Crippen LogP contribution in [0.4, 0.5) is 0 Å². The maximum atomic E-state index is 6.55. The number of rotatable bonds is 6. The molecule has 0 aromatic heterocycles. The number of ether oxygens (including phenoxy) is 2. The second-order valence-corrected chi connectivity index (χ2v) is 13.9. The minimum Gasteiger partial charge on any atom is -0.541 e. The van der Waals surface area contributed by atoms with Crippen LogP contribution < -0.4 is 13.9 Å². The number of benzene rings is 2. The minimum atomic E-state index is -1.96. The Hall–Kier alpha value is -2.20. The molecular formula is C25H36O3Si. The molecule has 0 bridgehead atoms. The lowest BCUT2D eigenvalue weighted by Gasteiger charge is -2.36. The van der Waals surface area contributed by atoms with Gasteiger partial charge in [0, 0.05) is 0 Å². The fourth-order valence-electron chi connectivity index (χ4n) is 2.89. The van der Waals surface area contributed by atoms with E-state index in [1.807, 2.05) is 6.07 Å². The molecule has 0 radical (unpaired) electrons. The first-order chi connectivity index (χ1) is 13.4. The van der Waals surface area contributed by atoms with E-state index >= 15 is 0 Å². The molecule has 3 nitrogen and oxygen atoms in total. The number of allylic oxidation sites excluding steroid dienone is 1. The van der Waals surface area contributed by atoms with Gasteiger partial charge in [-0.25, -0.2) is 0 Å². The molecule has 0 aliphatic heterocycles. The Bertz CT molecular complexity index is 905. The molecule has 0 fully saturated rings. The third-order valence-electron chi connectivity index (χ3n) is 6.04. The van der Waals surface area contributed by atoms with Crippen LogP contribution >= 0.6 is 0 Å². The molecule has 0 aliphatic rings. The first-order valence-corrected chi connectivity index (χ1v) is 13.0. The second-order valence-electron chi connectivity index (χ2n) is 9.22. The zero-order valence-electron chi connectivity index (χ0n) is 19.7. The van der Waals surface area contributed by atoms with E-state index in [1.54, 1.807) is 14.2 Å². The van der Waals surface area contributed by atoms with Gasteiger partial charge in [-0.3, -0.25) is 0 Å². The SMILES string of the molecule is COc1ccc(/C=C(\C)c2cc(C)c(C)c(OC)c2)cc1O[Si](C)(C)C(C)(C)C. The van der Waals surface area contributed by atoms with Crippen LogP contribution in [-0.4, -0.2) is 22.5 Å². The standard InChI is InChI=1S/C25H36O3Si/c1-17-14-21(16-23(27-8)19(17)3)18(2)13-20-11-12-22(26-7)24(15-20)28-29(9,10)25(4,5)6/h11-16H,1-10H3/b18-13+.